The second-order valence-electron chi connectivity index (χ2n) is 3.01. The molecule has 0 bridgehead atoms. The molecule has 4 nitrogen and oxygen atoms in total. The highest BCUT2D eigenvalue weighted by atomic mass is 32.1. The van der Waals surface area contributed by atoms with Crippen molar-refractivity contribution in [2.24, 2.45) is 0 Å². The van der Waals surface area contributed by atoms with Gasteiger partial charge in [-0.2, -0.15) is 0 Å². The summed E-state index contributed by atoms with van der Waals surface area (Å²) >= 11 is 8.20. The van der Waals surface area contributed by atoms with Crippen molar-refractivity contribution in [3.8, 4) is 9.88 Å². The summed E-state index contributed by atoms with van der Waals surface area (Å²) in [4.78, 5) is 1.11. The highest BCUT2D eigenvalue weighted by Crippen LogP contribution is 2.29. The van der Waals surface area contributed by atoms with Gasteiger partial charge < -0.3 is 10.6 Å². The van der Waals surface area contributed by atoms with Gasteiger partial charge in [0.15, 0.2) is 10.1 Å². The number of rotatable bonds is 4. The van der Waals surface area contributed by atoms with E-state index in [-0.39, 0.29) is 0 Å². The lowest BCUT2D eigenvalue weighted by Gasteiger charge is -2.04. The smallest absolute Gasteiger partial charge is 0.212 e. The van der Waals surface area contributed by atoms with Gasteiger partial charge in [-0.3, -0.25) is 0 Å². The van der Waals surface area contributed by atoms with Crippen molar-refractivity contribution < 1.29 is 0 Å². The molecule has 0 radical (unpaired) electrons. The first-order valence-corrected chi connectivity index (χ1v) is 6.93. The van der Waals surface area contributed by atoms with Crippen molar-refractivity contribution >= 4 is 45.1 Å². The third kappa shape index (κ3) is 3.32. The largest absolute Gasteiger partial charge is 0.359 e. The molecule has 2 rings (SSSR count). The molecule has 2 aromatic heterocycles. The van der Waals surface area contributed by atoms with E-state index >= 15 is 0 Å². The van der Waals surface area contributed by atoms with E-state index in [1.807, 2.05) is 17.5 Å². The molecule has 0 saturated carbocycles. The minimum atomic E-state index is 0.527. The van der Waals surface area contributed by atoms with Gasteiger partial charge in [0.2, 0.25) is 5.13 Å². The number of anilines is 1. The molecule has 0 spiro atoms. The molecule has 2 heterocycles. The number of nitrogens with one attached hydrogen (secondary N) is 2. The van der Waals surface area contributed by atoms with E-state index in [0.717, 1.165) is 9.88 Å². The summed E-state index contributed by atoms with van der Waals surface area (Å²) in [5.74, 6) is 0. The van der Waals surface area contributed by atoms with Crippen molar-refractivity contribution in [2.45, 2.75) is 0 Å². The third-order valence-electron chi connectivity index (χ3n) is 1.78. The monoisotopic (exact) mass is 282 g/mol. The second kappa shape index (κ2) is 5.85. The van der Waals surface area contributed by atoms with Crippen molar-refractivity contribution in [3.63, 3.8) is 0 Å². The number of nitrogens with zero attached hydrogens (tertiary/aromatic N) is 2. The molecule has 88 valence electrons. The molecule has 17 heavy (non-hydrogen) atoms. The Balaban J connectivity index is 1.99. The summed E-state index contributed by atoms with van der Waals surface area (Å²) < 4.78 is 0. The normalized spacial score (nSPS) is 9.88. The fraction of sp³-hybridized carbons (Fsp3) is 0.100. The van der Waals surface area contributed by atoms with E-state index in [4.69, 9.17) is 12.2 Å². The Labute approximate surface area is 112 Å². The van der Waals surface area contributed by atoms with Crippen LogP contribution in [0.5, 0.6) is 0 Å². The Morgan fingerprint density at radius 3 is 3.12 bits per heavy atom. The van der Waals surface area contributed by atoms with Crippen molar-refractivity contribution in [2.75, 3.05) is 11.9 Å². The van der Waals surface area contributed by atoms with Gasteiger partial charge in [-0.15, -0.1) is 28.1 Å². The standard InChI is InChI=1S/C10H10N4S3/c1-2-5-11-9(15)12-10-14-13-8(17-10)7-4-3-6-16-7/h2-4,6H,1,5H2,(H2,11,12,14,15). The number of thiocarbonyl (C=S) groups is 1. The molecule has 0 aromatic carbocycles. The van der Waals surface area contributed by atoms with Gasteiger partial charge in [0.25, 0.3) is 0 Å². The van der Waals surface area contributed by atoms with Crippen LogP contribution in [0, 0.1) is 0 Å². The number of hydrogen-bond acceptors (Lipinski definition) is 5. The minimum absolute atomic E-state index is 0.527. The van der Waals surface area contributed by atoms with E-state index in [9.17, 15) is 0 Å². The summed E-state index contributed by atoms with van der Waals surface area (Å²) in [6, 6.07) is 4.01. The molecule has 0 unspecified atom stereocenters. The summed E-state index contributed by atoms with van der Waals surface area (Å²) in [6.07, 6.45) is 1.74. The lowest BCUT2D eigenvalue weighted by molar-refractivity contribution is 1.05. The van der Waals surface area contributed by atoms with Crippen LogP contribution in [0.4, 0.5) is 5.13 Å². The lowest BCUT2D eigenvalue weighted by atomic mass is 10.5. The van der Waals surface area contributed by atoms with Gasteiger partial charge in [-0.05, 0) is 23.7 Å². The predicted molar refractivity (Wildman–Crippen MR) is 77.6 cm³/mol. The van der Waals surface area contributed by atoms with E-state index in [1.165, 1.54) is 11.3 Å². The zero-order valence-corrected chi connectivity index (χ0v) is 11.3. The summed E-state index contributed by atoms with van der Waals surface area (Å²) in [6.45, 7) is 4.23. The average molecular weight is 282 g/mol. The van der Waals surface area contributed by atoms with Gasteiger partial charge >= 0.3 is 0 Å². The first-order chi connectivity index (χ1) is 8.29. The van der Waals surface area contributed by atoms with E-state index in [2.05, 4.69) is 27.4 Å². The zero-order chi connectivity index (χ0) is 12.1. The van der Waals surface area contributed by atoms with E-state index < -0.39 is 0 Å². The maximum atomic E-state index is 5.08. The zero-order valence-electron chi connectivity index (χ0n) is 8.84. The Morgan fingerprint density at radius 1 is 1.53 bits per heavy atom. The van der Waals surface area contributed by atoms with E-state index in [0.29, 0.717) is 16.8 Å². The highest BCUT2D eigenvalue weighted by molar-refractivity contribution is 7.80. The van der Waals surface area contributed by atoms with Crippen molar-refractivity contribution in [1.82, 2.24) is 15.5 Å². The van der Waals surface area contributed by atoms with Crippen LogP contribution in [0.15, 0.2) is 30.2 Å². The van der Waals surface area contributed by atoms with Crippen molar-refractivity contribution in [3.05, 3.63) is 30.2 Å². The van der Waals surface area contributed by atoms with Crippen LogP contribution in [0.25, 0.3) is 9.88 Å². The number of thiophene rings is 1. The van der Waals surface area contributed by atoms with Gasteiger partial charge in [-0.1, -0.05) is 23.5 Å². The highest BCUT2D eigenvalue weighted by Gasteiger charge is 2.07. The lowest BCUT2D eigenvalue weighted by Crippen LogP contribution is -2.28. The summed E-state index contributed by atoms with van der Waals surface area (Å²) in [5.41, 5.74) is 0. The molecule has 0 saturated heterocycles. The Morgan fingerprint density at radius 2 is 2.41 bits per heavy atom. The van der Waals surface area contributed by atoms with Crippen LogP contribution in [-0.2, 0) is 0 Å². The molecular formula is C10H10N4S3. The van der Waals surface area contributed by atoms with Crippen molar-refractivity contribution in [1.29, 1.82) is 0 Å². The molecule has 0 aliphatic heterocycles. The first kappa shape index (κ1) is 12.2. The number of aromatic nitrogens is 2. The molecule has 0 aliphatic rings. The fourth-order valence-electron chi connectivity index (χ4n) is 1.08. The van der Waals surface area contributed by atoms with Gasteiger partial charge in [0, 0.05) is 6.54 Å². The van der Waals surface area contributed by atoms with Crippen LogP contribution >= 0.6 is 34.9 Å². The summed E-state index contributed by atoms with van der Waals surface area (Å²) in [7, 11) is 0. The minimum Gasteiger partial charge on any atom is -0.359 e. The Hall–Kier alpha value is -1.31. The molecular weight excluding hydrogens is 272 g/mol. The Kier molecular flexibility index (Phi) is 4.18. The van der Waals surface area contributed by atoms with Crippen LogP contribution < -0.4 is 10.6 Å². The molecule has 2 N–H and O–H groups in total. The quantitative estimate of drug-likeness (QED) is 0.667. The van der Waals surface area contributed by atoms with Gasteiger partial charge in [-0.25, -0.2) is 0 Å². The molecule has 0 fully saturated rings. The average Bonchev–Trinajstić information content (AvgIpc) is 2.95. The maximum Gasteiger partial charge on any atom is 0.212 e. The molecule has 0 amide bonds. The molecule has 7 heteroatoms. The molecule has 0 atom stereocenters. The van der Waals surface area contributed by atoms with Crippen LogP contribution in [0.2, 0.25) is 0 Å². The van der Waals surface area contributed by atoms with Crippen LogP contribution in [0.3, 0.4) is 0 Å². The van der Waals surface area contributed by atoms with E-state index in [1.54, 1.807) is 17.4 Å². The van der Waals surface area contributed by atoms with Crippen LogP contribution in [-0.4, -0.2) is 21.9 Å². The number of hydrogen-bond donors (Lipinski definition) is 2. The summed E-state index contributed by atoms with van der Waals surface area (Å²) in [5, 5.41) is 18.2. The SMILES string of the molecule is C=CCNC(=S)Nc1nnc(-c2cccs2)s1. The first-order valence-electron chi connectivity index (χ1n) is 4.82. The molecule has 2 aromatic rings. The fourth-order valence-corrected chi connectivity index (χ4v) is 2.86. The van der Waals surface area contributed by atoms with Gasteiger partial charge in [0.05, 0.1) is 4.88 Å². The third-order valence-corrected chi connectivity index (χ3v) is 3.91. The van der Waals surface area contributed by atoms with Crippen LogP contribution in [0.1, 0.15) is 0 Å². The Bertz CT molecular complexity index is 503. The second-order valence-corrected chi connectivity index (χ2v) is 5.35. The van der Waals surface area contributed by atoms with Gasteiger partial charge in [0.1, 0.15) is 0 Å². The molecule has 0 aliphatic carbocycles. The predicted octanol–water partition coefficient (Wildman–Crippen LogP) is 2.74. The topological polar surface area (TPSA) is 49.8 Å². The maximum absolute atomic E-state index is 5.08.